The number of halogens is 1. The summed E-state index contributed by atoms with van der Waals surface area (Å²) in [6.07, 6.45) is 0. The number of hydrogen-bond acceptors (Lipinski definition) is 2. The molecule has 3 nitrogen and oxygen atoms in total. The summed E-state index contributed by atoms with van der Waals surface area (Å²) in [6.45, 7) is 1.18. The first-order valence-electron chi connectivity index (χ1n) is 4.80. The van der Waals surface area contributed by atoms with Crippen molar-refractivity contribution in [3.8, 4) is 0 Å². The van der Waals surface area contributed by atoms with Crippen LogP contribution in [0.2, 0.25) is 0 Å². The van der Waals surface area contributed by atoms with Crippen molar-refractivity contribution in [2.24, 2.45) is 0 Å². The summed E-state index contributed by atoms with van der Waals surface area (Å²) in [5, 5.41) is 4.19. The van der Waals surface area contributed by atoms with Gasteiger partial charge in [-0.2, -0.15) is 0 Å². The van der Waals surface area contributed by atoms with Gasteiger partial charge in [0.2, 0.25) is 5.91 Å². The van der Waals surface area contributed by atoms with Crippen molar-refractivity contribution in [1.82, 2.24) is 9.88 Å². The lowest BCUT2D eigenvalue weighted by atomic mass is 10.2. The molecule has 15 heavy (non-hydrogen) atoms. The zero-order valence-electron chi connectivity index (χ0n) is 7.96. The molecule has 1 N–H and O–H groups in total. The van der Waals surface area contributed by atoms with Crippen LogP contribution in [0.4, 0.5) is 0 Å². The highest BCUT2D eigenvalue weighted by molar-refractivity contribution is 9.10. The van der Waals surface area contributed by atoms with Crippen molar-refractivity contribution in [2.75, 3.05) is 6.54 Å². The number of rotatable bonds is 0. The van der Waals surface area contributed by atoms with Crippen LogP contribution >= 0.6 is 15.9 Å². The molecule has 0 spiro atoms. The molecule has 0 saturated heterocycles. The van der Waals surface area contributed by atoms with E-state index in [9.17, 15) is 4.79 Å². The summed E-state index contributed by atoms with van der Waals surface area (Å²) in [7, 11) is 0. The monoisotopic (exact) mass is 264 g/mol. The molecule has 0 radical (unpaired) electrons. The second-order valence-corrected chi connectivity index (χ2v) is 4.50. The van der Waals surface area contributed by atoms with E-state index >= 15 is 0 Å². The number of nitrogens with zero attached hydrogens (tertiary/aromatic N) is 1. The predicted molar refractivity (Wildman–Crippen MR) is 62.0 cm³/mol. The second-order valence-electron chi connectivity index (χ2n) is 3.64. The summed E-state index contributed by atoms with van der Waals surface area (Å²) in [6, 6.07) is 7.98. The molecule has 1 aromatic carbocycles. The number of aromatic nitrogens is 1. The largest absolute Gasteiger partial charge is 0.303 e. The van der Waals surface area contributed by atoms with Crippen molar-refractivity contribution in [3.63, 3.8) is 0 Å². The highest BCUT2D eigenvalue weighted by Crippen LogP contribution is 2.28. The maximum absolute atomic E-state index is 11.8. The summed E-state index contributed by atoms with van der Waals surface area (Å²) in [4.78, 5) is 11.8. The zero-order chi connectivity index (χ0) is 10.4. The van der Waals surface area contributed by atoms with Crippen LogP contribution in [0.15, 0.2) is 28.7 Å². The van der Waals surface area contributed by atoms with E-state index < -0.39 is 0 Å². The minimum atomic E-state index is 0.115. The van der Waals surface area contributed by atoms with E-state index in [4.69, 9.17) is 0 Å². The third-order valence-corrected chi connectivity index (χ3v) is 3.39. The average molecular weight is 265 g/mol. The van der Waals surface area contributed by atoms with Crippen LogP contribution in [-0.2, 0) is 6.54 Å². The third-order valence-electron chi connectivity index (χ3n) is 2.70. The fourth-order valence-electron chi connectivity index (χ4n) is 2.05. The summed E-state index contributed by atoms with van der Waals surface area (Å²) in [5.74, 6) is 0.115. The molecule has 0 unspecified atom stereocenters. The van der Waals surface area contributed by atoms with E-state index in [1.807, 2.05) is 18.2 Å². The number of nitrogens with one attached hydrogen (secondary N) is 1. The Morgan fingerprint density at radius 3 is 3.07 bits per heavy atom. The lowest BCUT2D eigenvalue weighted by Crippen LogP contribution is -2.34. The van der Waals surface area contributed by atoms with E-state index in [1.165, 1.54) is 0 Å². The molecule has 0 saturated carbocycles. The Kier molecular flexibility index (Phi) is 1.94. The van der Waals surface area contributed by atoms with E-state index in [-0.39, 0.29) is 5.91 Å². The van der Waals surface area contributed by atoms with Crippen LogP contribution in [-0.4, -0.2) is 17.0 Å². The Morgan fingerprint density at radius 2 is 2.20 bits per heavy atom. The first-order chi connectivity index (χ1) is 7.27. The first kappa shape index (κ1) is 9.12. The van der Waals surface area contributed by atoms with E-state index in [1.54, 1.807) is 4.57 Å². The highest BCUT2D eigenvalue weighted by atomic mass is 79.9. The van der Waals surface area contributed by atoms with Gasteiger partial charge in [0.25, 0.3) is 0 Å². The molecular weight excluding hydrogens is 256 g/mol. The van der Waals surface area contributed by atoms with Crippen LogP contribution in [0.5, 0.6) is 0 Å². The lowest BCUT2D eigenvalue weighted by Gasteiger charge is -2.15. The SMILES string of the molecule is O=C1CNCc2cc3c(Br)cccc3n21. The molecule has 76 valence electrons. The molecule has 0 atom stereocenters. The fourth-order valence-corrected chi connectivity index (χ4v) is 2.52. The van der Waals surface area contributed by atoms with Crippen molar-refractivity contribution in [3.05, 3.63) is 34.4 Å². The number of carbonyl (C=O) groups is 1. The molecule has 2 heterocycles. The maximum atomic E-state index is 11.8. The van der Waals surface area contributed by atoms with Gasteiger partial charge >= 0.3 is 0 Å². The quantitative estimate of drug-likeness (QED) is 0.791. The van der Waals surface area contributed by atoms with Crippen molar-refractivity contribution < 1.29 is 4.79 Å². The van der Waals surface area contributed by atoms with Crippen LogP contribution in [0.3, 0.4) is 0 Å². The summed E-state index contributed by atoms with van der Waals surface area (Å²) in [5.41, 5.74) is 2.03. The first-order valence-corrected chi connectivity index (χ1v) is 5.59. The molecule has 1 aliphatic heterocycles. The van der Waals surface area contributed by atoms with Crippen LogP contribution < -0.4 is 5.32 Å². The number of carbonyl (C=O) groups excluding carboxylic acids is 1. The van der Waals surface area contributed by atoms with E-state index in [0.717, 1.165) is 27.6 Å². The van der Waals surface area contributed by atoms with E-state index in [0.29, 0.717) is 6.54 Å². The van der Waals surface area contributed by atoms with Gasteiger partial charge in [0.05, 0.1) is 12.1 Å². The number of hydrogen-bond donors (Lipinski definition) is 1. The Morgan fingerprint density at radius 1 is 1.33 bits per heavy atom. The average Bonchev–Trinajstić information content (AvgIpc) is 2.59. The molecule has 3 rings (SSSR count). The fraction of sp³-hybridized carbons (Fsp3) is 0.182. The molecule has 2 aromatic rings. The van der Waals surface area contributed by atoms with Crippen LogP contribution in [0, 0.1) is 0 Å². The van der Waals surface area contributed by atoms with Gasteiger partial charge < -0.3 is 5.32 Å². The van der Waals surface area contributed by atoms with Crippen LogP contribution in [0.1, 0.15) is 10.5 Å². The molecule has 4 heteroatoms. The van der Waals surface area contributed by atoms with Gasteiger partial charge in [0.1, 0.15) is 0 Å². The molecule has 1 aliphatic rings. The smallest absolute Gasteiger partial charge is 0.245 e. The molecular formula is C11H9BrN2O. The third kappa shape index (κ3) is 1.25. The van der Waals surface area contributed by atoms with Crippen LogP contribution in [0.25, 0.3) is 10.9 Å². The van der Waals surface area contributed by atoms with Crippen molar-refractivity contribution in [2.45, 2.75) is 6.54 Å². The Balaban J connectivity index is 2.41. The number of fused-ring (bicyclic) bond motifs is 3. The molecule has 1 aromatic heterocycles. The van der Waals surface area contributed by atoms with Crippen molar-refractivity contribution >= 4 is 32.7 Å². The Hall–Kier alpha value is -1.13. The van der Waals surface area contributed by atoms with Gasteiger partial charge in [0, 0.05) is 22.1 Å². The maximum Gasteiger partial charge on any atom is 0.245 e. The number of benzene rings is 1. The Labute approximate surface area is 95.2 Å². The zero-order valence-corrected chi connectivity index (χ0v) is 9.54. The van der Waals surface area contributed by atoms with Gasteiger partial charge in [-0.15, -0.1) is 0 Å². The minimum absolute atomic E-state index is 0.115. The topological polar surface area (TPSA) is 34.0 Å². The Bertz CT molecular complexity index is 559. The minimum Gasteiger partial charge on any atom is -0.303 e. The standard InChI is InChI=1S/C11H9BrN2O/c12-9-2-1-3-10-8(9)4-7-5-13-6-11(15)14(7)10/h1-4,13H,5-6H2. The molecule has 0 amide bonds. The summed E-state index contributed by atoms with van der Waals surface area (Å²) < 4.78 is 2.84. The molecule has 0 bridgehead atoms. The van der Waals surface area contributed by atoms with Gasteiger partial charge in [-0.3, -0.25) is 9.36 Å². The molecule has 0 aliphatic carbocycles. The summed E-state index contributed by atoms with van der Waals surface area (Å²) >= 11 is 3.50. The normalized spacial score (nSPS) is 15.7. The molecule has 0 fully saturated rings. The van der Waals surface area contributed by atoms with Crippen molar-refractivity contribution in [1.29, 1.82) is 0 Å². The van der Waals surface area contributed by atoms with Gasteiger partial charge in [-0.1, -0.05) is 22.0 Å². The van der Waals surface area contributed by atoms with Gasteiger partial charge in [0.15, 0.2) is 0 Å². The van der Waals surface area contributed by atoms with Gasteiger partial charge in [-0.25, -0.2) is 0 Å². The predicted octanol–water partition coefficient (Wildman–Crippen LogP) is 2.15. The highest BCUT2D eigenvalue weighted by Gasteiger charge is 2.19. The lowest BCUT2D eigenvalue weighted by molar-refractivity contribution is 0.0900. The second kappa shape index (κ2) is 3.18. The van der Waals surface area contributed by atoms with Gasteiger partial charge in [-0.05, 0) is 18.2 Å². The van der Waals surface area contributed by atoms with E-state index in [2.05, 4.69) is 27.3 Å².